The highest BCUT2D eigenvalue weighted by molar-refractivity contribution is 7.14. The second-order valence-electron chi connectivity index (χ2n) is 6.58. The SMILES string of the molecule is CCCN(CC(=O)O)C(=O)c1ccsc1NC(=O)c1ccc2c(c1)CCC2. The van der Waals surface area contributed by atoms with Crippen molar-refractivity contribution in [1.82, 2.24) is 4.90 Å². The number of fused-ring (bicyclic) bond motifs is 1. The lowest BCUT2D eigenvalue weighted by Crippen LogP contribution is -2.36. The monoisotopic (exact) mass is 386 g/mol. The van der Waals surface area contributed by atoms with Crippen LogP contribution in [-0.2, 0) is 17.6 Å². The number of carboxylic acid groups (broad SMARTS) is 1. The maximum Gasteiger partial charge on any atom is 0.323 e. The molecule has 1 aromatic carbocycles. The van der Waals surface area contributed by atoms with Gasteiger partial charge >= 0.3 is 5.97 Å². The number of anilines is 1. The zero-order valence-electron chi connectivity index (χ0n) is 15.2. The second kappa shape index (κ2) is 8.35. The Balaban J connectivity index is 1.77. The fourth-order valence-corrected chi connectivity index (χ4v) is 4.09. The van der Waals surface area contributed by atoms with Crippen LogP contribution in [0.15, 0.2) is 29.6 Å². The number of carboxylic acids is 1. The van der Waals surface area contributed by atoms with Gasteiger partial charge in [-0.1, -0.05) is 13.0 Å². The van der Waals surface area contributed by atoms with E-state index >= 15 is 0 Å². The average molecular weight is 386 g/mol. The van der Waals surface area contributed by atoms with E-state index < -0.39 is 5.97 Å². The number of nitrogens with one attached hydrogen (secondary N) is 1. The molecule has 2 amide bonds. The van der Waals surface area contributed by atoms with Gasteiger partial charge in [0.1, 0.15) is 11.5 Å². The van der Waals surface area contributed by atoms with Crippen LogP contribution in [0.3, 0.4) is 0 Å². The Bertz CT molecular complexity index is 875. The summed E-state index contributed by atoms with van der Waals surface area (Å²) >= 11 is 1.25. The molecule has 0 radical (unpaired) electrons. The van der Waals surface area contributed by atoms with Crippen molar-refractivity contribution in [2.75, 3.05) is 18.4 Å². The number of amides is 2. The molecule has 3 rings (SSSR count). The van der Waals surface area contributed by atoms with Crippen molar-refractivity contribution in [2.24, 2.45) is 0 Å². The first kappa shape index (κ1) is 19.1. The lowest BCUT2D eigenvalue weighted by molar-refractivity contribution is -0.137. The zero-order chi connectivity index (χ0) is 19.4. The van der Waals surface area contributed by atoms with E-state index in [4.69, 9.17) is 5.11 Å². The molecule has 27 heavy (non-hydrogen) atoms. The van der Waals surface area contributed by atoms with E-state index in [1.54, 1.807) is 11.4 Å². The topological polar surface area (TPSA) is 86.7 Å². The van der Waals surface area contributed by atoms with Crippen molar-refractivity contribution >= 4 is 34.1 Å². The van der Waals surface area contributed by atoms with Gasteiger partial charge in [-0.3, -0.25) is 14.4 Å². The standard InChI is InChI=1S/C20H22N2O4S/c1-2-9-22(12-17(23)24)20(26)16-8-10-27-19(16)21-18(25)15-7-6-13-4-3-5-14(13)11-15/h6-8,10-11H,2-5,9,12H2,1H3,(H,21,25)(H,23,24). The van der Waals surface area contributed by atoms with Crippen LogP contribution in [0.5, 0.6) is 0 Å². The molecule has 1 aliphatic rings. The predicted molar refractivity (Wildman–Crippen MR) is 105 cm³/mol. The number of thiophene rings is 1. The number of aryl methyl sites for hydroxylation is 2. The lowest BCUT2D eigenvalue weighted by atomic mass is 10.1. The van der Waals surface area contributed by atoms with E-state index in [0.29, 0.717) is 29.1 Å². The maximum atomic E-state index is 12.7. The summed E-state index contributed by atoms with van der Waals surface area (Å²) in [4.78, 5) is 37.7. The third-order valence-corrected chi connectivity index (χ3v) is 5.42. The molecule has 0 atom stereocenters. The summed E-state index contributed by atoms with van der Waals surface area (Å²) in [6, 6.07) is 7.34. The predicted octanol–water partition coefficient (Wildman–Crippen LogP) is 3.43. The Morgan fingerprint density at radius 2 is 1.96 bits per heavy atom. The number of hydrogen-bond acceptors (Lipinski definition) is 4. The summed E-state index contributed by atoms with van der Waals surface area (Å²) in [7, 11) is 0. The number of carbonyl (C=O) groups excluding carboxylic acids is 2. The van der Waals surface area contributed by atoms with Crippen LogP contribution >= 0.6 is 11.3 Å². The van der Waals surface area contributed by atoms with Gasteiger partial charge in [-0.15, -0.1) is 11.3 Å². The first-order valence-electron chi connectivity index (χ1n) is 9.01. The first-order chi connectivity index (χ1) is 13.0. The summed E-state index contributed by atoms with van der Waals surface area (Å²) in [5.41, 5.74) is 3.39. The van der Waals surface area contributed by atoms with Gasteiger partial charge in [0.2, 0.25) is 0 Å². The number of carbonyl (C=O) groups is 3. The number of nitrogens with zero attached hydrogens (tertiary/aromatic N) is 1. The van der Waals surface area contributed by atoms with Crippen LogP contribution in [0.1, 0.15) is 51.6 Å². The van der Waals surface area contributed by atoms with Crippen molar-refractivity contribution in [3.63, 3.8) is 0 Å². The number of benzene rings is 1. The molecule has 0 spiro atoms. The summed E-state index contributed by atoms with van der Waals surface area (Å²) in [6.07, 6.45) is 3.80. The van der Waals surface area contributed by atoms with Crippen LogP contribution < -0.4 is 5.32 Å². The van der Waals surface area contributed by atoms with E-state index in [0.717, 1.165) is 19.3 Å². The minimum atomic E-state index is -1.06. The van der Waals surface area contributed by atoms with Crippen LogP contribution in [0.25, 0.3) is 0 Å². The highest BCUT2D eigenvalue weighted by Gasteiger charge is 2.23. The molecule has 0 saturated heterocycles. The van der Waals surface area contributed by atoms with Crippen LogP contribution in [0, 0.1) is 0 Å². The maximum absolute atomic E-state index is 12.7. The van der Waals surface area contributed by atoms with Crippen molar-refractivity contribution in [2.45, 2.75) is 32.6 Å². The Labute approximate surface area is 161 Å². The van der Waals surface area contributed by atoms with Gasteiger partial charge in [0.15, 0.2) is 0 Å². The fraction of sp³-hybridized carbons (Fsp3) is 0.350. The van der Waals surface area contributed by atoms with Crippen LogP contribution in [0.4, 0.5) is 5.00 Å². The van der Waals surface area contributed by atoms with Crippen molar-refractivity contribution < 1.29 is 19.5 Å². The van der Waals surface area contributed by atoms with E-state index in [1.807, 2.05) is 25.1 Å². The summed E-state index contributed by atoms with van der Waals surface area (Å²) in [6.45, 7) is 1.87. The Morgan fingerprint density at radius 3 is 2.70 bits per heavy atom. The van der Waals surface area contributed by atoms with Gasteiger partial charge in [0, 0.05) is 12.1 Å². The quantitative estimate of drug-likeness (QED) is 0.763. The average Bonchev–Trinajstić information content (AvgIpc) is 3.28. The Hall–Kier alpha value is -2.67. The summed E-state index contributed by atoms with van der Waals surface area (Å²) in [5.74, 6) is -1.71. The molecule has 1 heterocycles. The number of aliphatic carboxylic acids is 1. The molecule has 7 heteroatoms. The van der Waals surface area contributed by atoms with E-state index in [1.165, 1.54) is 27.4 Å². The molecule has 1 aliphatic carbocycles. The fourth-order valence-electron chi connectivity index (χ4n) is 3.32. The summed E-state index contributed by atoms with van der Waals surface area (Å²) in [5, 5.41) is 14.0. The van der Waals surface area contributed by atoms with Crippen LogP contribution in [0.2, 0.25) is 0 Å². The number of hydrogen-bond donors (Lipinski definition) is 2. The largest absolute Gasteiger partial charge is 0.480 e. The molecular formula is C20H22N2O4S. The molecule has 0 bridgehead atoms. The van der Waals surface area contributed by atoms with Gasteiger partial charge in [0.25, 0.3) is 11.8 Å². The van der Waals surface area contributed by atoms with Gasteiger partial charge in [-0.05, 0) is 60.4 Å². The molecule has 0 saturated carbocycles. The molecule has 0 aliphatic heterocycles. The zero-order valence-corrected chi connectivity index (χ0v) is 16.0. The molecule has 2 N–H and O–H groups in total. The summed E-state index contributed by atoms with van der Waals surface area (Å²) < 4.78 is 0. The molecule has 0 unspecified atom stereocenters. The Morgan fingerprint density at radius 1 is 1.19 bits per heavy atom. The van der Waals surface area contributed by atoms with E-state index in [9.17, 15) is 14.4 Å². The number of rotatable bonds is 7. The molecule has 2 aromatic rings. The first-order valence-corrected chi connectivity index (χ1v) is 9.89. The van der Waals surface area contributed by atoms with E-state index in [-0.39, 0.29) is 18.4 Å². The molecule has 1 aromatic heterocycles. The molecular weight excluding hydrogens is 364 g/mol. The van der Waals surface area contributed by atoms with Gasteiger partial charge in [-0.25, -0.2) is 0 Å². The van der Waals surface area contributed by atoms with Crippen molar-refractivity contribution in [1.29, 1.82) is 0 Å². The van der Waals surface area contributed by atoms with Gasteiger partial charge in [-0.2, -0.15) is 0 Å². The van der Waals surface area contributed by atoms with Crippen molar-refractivity contribution in [3.05, 3.63) is 51.9 Å². The normalized spacial score (nSPS) is 12.5. The highest BCUT2D eigenvalue weighted by atomic mass is 32.1. The Kier molecular flexibility index (Phi) is 5.91. The second-order valence-corrected chi connectivity index (χ2v) is 7.49. The van der Waals surface area contributed by atoms with Crippen LogP contribution in [-0.4, -0.2) is 40.9 Å². The molecule has 0 fully saturated rings. The molecule has 142 valence electrons. The van der Waals surface area contributed by atoms with Gasteiger partial charge in [0.05, 0.1) is 5.56 Å². The third-order valence-electron chi connectivity index (χ3n) is 4.59. The van der Waals surface area contributed by atoms with Crippen molar-refractivity contribution in [3.8, 4) is 0 Å². The van der Waals surface area contributed by atoms with Gasteiger partial charge < -0.3 is 15.3 Å². The lowest BCUT2D eigenvalue weighted by Gasteiger charge is -2.20. The minimum Gasteiger partial charge on any atom is -0.480 e. The third kappa shape index (κ3) is 4.36. The molecule has 6 nitrogen and oxygen atoms in total. The minimum absolute atomic E-state index is 0.263. The van der Waals surface area contributed by atoms with E-state index in [2.05, 4.69) is 5.32 Å². The smallest absolute Gasteiger partial charge is 0.323 e. The highest BCUT2D eigenvalue weighted by Crippen LogP contribution is 2.27.